The van der Waals surface area contributed by atoms with Crippen molar-refractivity contribution in [3.8, 4) is 22.8 Å². The van der Waals surface area contributed by atoms with Gasteiger partial charge in [0.1, 0.15) is 11.5 Å². The third-order valence-electron chi connectivity index (χ3n) is 4.28. The van der Waals surface area contributed by atoms with Crippen LogP contribution in [0.4, 0.5) is 0 Å². The summed E-state index contributed by atoms with van der Waals surface area (Å²) in [6, 6.07) is 17.4. The van der Waals surface area contributed by atoms with E-state index < -0.39 is 0 Å². The Labute approximate surface area is 155 Å². The molecule has 27 heavy (non-hydrogen) atoms. The van der Waals surface area contributed by atoms with Crippen LogP contribution in [0.25, 0.3) is 22.8 Å². The molecule has 4 aromatic rings. The van der Waals surface area contributed by atoms with E-state index in [4.69, 9.17) is 4.52 Å². The highest BCUT2D eigenvalue weighted by Crippen LogP contribution is 2.18. The van der Waals surface area contributed by atoms with Gasteiger partial charge >= 0.3 is 0 Å². The molecule has 2 aromatic carbocycles. The van der Waals surface area contributed by atoms with E-state index in [1.807, 2.05) is 61.6 Å². The predicted molar refractivity (Wildman–Crippen MR) is 99.5 cm³/mol. The molecule has 0 fully saturated rings. The molecule has 0 radical (unpaired) electrons. The van der Waals surface area contributed by atoms with E-state index in [-0.39, 0.29) is 5.91 Å². The molecule has 0 unspecified atom stereocenters. The number of carbonyl (C=O) groups is 1. The second kappa shape index (κ2) is 7.25. The maximum absolute atomic E-state index is 12.5. The Hall–Kier alpha value is -3.74. The molecule has 0 saturated heterocycles. The number of imidazole rings is 1. The molecule has 1 N–H and O–H groups in total. The summed E-state index contributed by atoms with van der Waals surface area (Å²) in [6.07, 6.45) is 2.89. The van der Waals surface area contributed by atoms with Gasteiger partial charge in [-0.3, -0.25) is 4.79 Å². The van der Waals surface area contributed by atoms with Crippen LogP contribution in [0.15, 0.2) is 71.7 Å². The molecule has 2 aromatic heterocycles. The molecule has 134 valence electrons. The van der Waals surface area contributed by atoms with Crippen LogP contribution in [0.1, 0.15) is 16.1 Å². The highest BCUT2D eigenvalue weighted by Gasteiger charge is 2.14. The summed E-state index contributed by atoms with van der Waals surface area (Å²) in [5, 5.41) is 6.73. The van der Waals surface area contributed by atoms with Crippen LogP contribution in [0, 0.1) is 0 Å². The Bertz CT molecular complexity index is 1040. The molecular weight excluding hydrogens is 342 g/mol. The van der Waals surface area contributed by atoms with E-state index in [1.165, 1.54) is 6.39 Å². The van der Waals surface area contributed by atoms with Gasteiger partial charge in [-0.05, 0) is 5.56 Å². The second-order valence-electron chi connectivity index (χ2n) is 6.03. The molecule has 2 heterocycles. The molecule has 0 aliphatic rings. The van der Waals surface area contributed by atoms with Crippen molar-refractivity contribution in [1.29, 1.82) is 0 Å². The van der Waals surface area contributed by atoms with Crippen LogP contribution in [0.3, 0.4) is 0 Å². The summed E-state index contributed by atoms with van der Waals surface area (Å²) in [4.78, 5) is 20.9. The van der Waals surface area contributed by atoms with Gasteiger partial charge < -0.3 is 14.4 Å². The van der Waals surface area contributed by atoms with Crippen molar-refractivity contribution in [2.24, 2.45) is 7.05 Å². The Morgan fingerprint density at radius 3 is 2.52 bits per heavy atom. The first-order valence-electron chi connectivity index (χ1n) is 8.43. The maximum Gasteiger partial charge on any atom is 0.269 e. The smallest absolute Gasteiger partial charge is 0.269 e. The monoisotopic (exact) mass is 359 g/mol. The highest BCUT2D eigenvalue weighted by molar-refractivity contribution is 5.93. The first kappa shape index (κ1) is 16.7. The molecule has 0 saturated carbocycles. The topological polar surface area (TPSA) is 85.8 Å². The van der Waals surface area contributed by atoms with Gasteiger partial charge in [-0.25, -0.2) is 4.98 Å². The molecular formula is C20H17N5O2. The van der Waals surface area contributed by atoms with Gasteiger partial charge in [-0.1, -0.05) is 59.8 Å². The number of nitrogens with one attached hydrogen (secondary N) is 1. The minimum Gasteiger partial charge on any atom is -0.347 e. The minimum absolute atomic E-state index is 0.172. The fourth-order valence-corrected chi connectivity index (χ4v) is 2.82. The molecule has 0 bridgehead atoms. The Morgan fingerprint density at radius 1 is 1.04 bits per heavy atom. The van der Waals surface area contributed by atoms with Crippen LogP contribution in [-0.2, 0) is 13.6 Å². The number of aromatic nitrogens is 4. The fourth-order valence-electron chi connectivity index (χ4n) is 2.82. The van der Waals surface area contributed by atoms with E-state index in [1.54, 1.807) is 10.8 Å². The van der Waals surface area contributed by atoms with Crippen molar-refractivity contribution in [3.05, 3.63) is 78.4 Å². The number of hydrogen-bond acceptors (Lipinski definition) is 5. The van der Waals surface area contributed by atoms with Crippen molar-refractivity contribution < 1.29 is 9.32 Å². The lowest BCUT2D eigenvalue weighted by Crippen LogP contribution is -2.25. The van der Waals surface area contributed by atoms with E-state index in [9.17, 15) is 4.79 Å². The van der Waals surface area contributed by atoms with Gasteiger partial charge in [0.15, 0.2) is 0 Å². The number of carbonyl (C=O) groups excluding carboxylic acids is 1. The van der Waals surface area contributed by atoms with E-state index in [0.717, 1.165) is 22.5 Å². The van der Waals surface area contributed by atoms with E-state index >= 15 is 0 Å². The van der Waals surface area contributed by atoms with Gasteiger partial charge in [0, 0.05) is 24.7 Å². The third kappa shape index (κ3) is 3.48. The molecule has 0 aliphatic carbocycles. The van der Waals surface area contributed by atoms with Gasteiger partial charge in [-0.2, -0.15) is 4.98 Å². The van der Waals surface area contributed by atoms with E-state index in [0.29, 0.717) is 18.1 Å². The maximum atomic E-state index is 12.5. The molecule has 0 spiro atoms. The summed E-state index contributed by atoms with van der Waals surface area (Å²) >= 11 is 0. The van der Waals surface area contributed by atoms with Crippen LogP contribution < -0.4 is 5.32 Å². The first-order valence-corrected chi connectivity index (χ1v) is 8.43. The summed E-state index contributed by atoms with van der Waals surface area (Å²) in [7, 11) is 1.84. The average Bonchev–Trinajstić information content (AvgIpc) is 3.37. The number of amides is 1. The third-order valence-corrected chi connectivity index (χ3v) is 4.28. The van der Waals surface area contributed by atoms with Crippen molar-refractivity contribution in [2.75, 3.05) is 0 Å². The van der Waals surface area contributed by atoms with Crippen LogP contribution in [0.5, 0.6) is 0 Å². The first-order chi connectivity index (χ1) is 13.2. The van der Waals surface area contributed by atoms with Crippen molar-refractivity contribution in [2.45, 2.75) is 6.54 Å². The molecule has 1 amide bonds. The normalized spacial score (nSPS) is 10.7. The standard InChI is InChI=1S/C20H17N5O2/c1-25-17(12-21-19(25)16-5-3-2-4-6-16)20(26)22-11-14-7-9-15(10-8-14)18-23-13-27-24-18/h2-10,12-13H,11H2,1H3,(H,22,26). The average molecular weight is 359 g/mol. The summed E-state index contributed by atoms with van der Waals surface area (Å²) < 4.78 is 6.54. The van der Waals surface area contributed by atoms with Crippen LogP contribution >= 0.6 is 0 Å². The van der Waals surface area contributed by atoms with Gasteiger partial charge in [0.05, 0.1) is 6.20 Å². The summed E-state index contributed by atoms with van der Waals surface area (Å²) in [5.74, 6) is 1.12. The number of benzene rings is 2. The highest BCUT2D eigenvalue weighted by atomic mass is 16.5. The predicted octanol–water partition coefficient (Wildman–Crippen LogP) is 3.07. The quantitative estimate of drug-likeness (QED) is 0.592. The zero-order chi connectivity index (χ0) is 18.6. The number of nitrogens with zero attached hydrogens (tertiary/aromatic N) is 4. The van der Waals surface area contributed by atoms with Crippen molar-refractivity contribution in [1.82, 2.24) is 25.0 Å². The summed E-state index contributed by atoms with van der Waals surface area (Å²) in [5.41, 5.74) is 3.31. The lowest BCUT2D eigenvalue weighted by molar-refractivity contribution is 0.0943. The molecule has 7 heteroatoms. The van der Waals surface area contributed by atoms with Gasteiger partial charge in [0.25, 0.3) is 5.91 Å². The van der Waals surface area contributed by atoms with Crippen LogP contribution in [0.2, 0.25) is 0 Å². The zero-order valence-corrected chi connectivity index (χ0v) is 14.7. The Balaban J connectivity index is 1.43. The Morgan fingerprint density at radius 2 is 1.81 bits per heavy atom. The van der Waals surface area contributed by atoms with Crippen LogP contribution in [-0.4, -0.2) is 25.6 Å². The molecule has 0 aliphatic heterocycles. The molecule has 4 rings (SSSR count). The second-order valence-corrected chi connectivity index (χ2v) is 6.03. The van der Waals surface area contributed by atoms with E-state index in [2.05, 4.69) is 20.4 Å². The fraction of sp³-hybridized carbons (Fsp3) is 0.100. The largest absolute Gasteiger partial charge is 0.347 e. The molecule has 0 atom stereocenters. The summed E-state index contributed by atoms with van der Waals surface area (Å²) in [6.45, 7) is 0.414. The zero-order valence-electron chi connectivity index (χ0n) is 14.7. The number of hydrogen-bond donors (Lipinski definition) is 1. The Kier molecular flexibility index (Phi) is 4.49. The van der Waals surface area contributed by atoms with Gasteiger partial charge in [0.2, 0.25) is 12.2 Å². The van der Waals surface area contributed by atoms with Gasteiger partial charge in [-0.15, -0.1) is 0 Å². The lowest BCUT2D eigenvalue weighted by atomic mass is 10.1. The van der Waals surface area contributed by atoms with Crippen molar-refractivity contribution >= 4 is 5.91 Å². The SMILES string of the molecule is Cn1c(C(=O)NCc2ccc(-c3ncon3)cc2)cnc1-c1ccccc1. The lowest BCUT2D eigenvalue weighted by Gasteiger charge is -2.08. The minimum atomic E-state index is -0.172. The number of rotatable bonds is 5. The van der Waals surface area contributed by atoms with Crippen molar-refractivity contribution in [3.63, 3.8) is 0 Å². The molecule has 7 nitrogen and oxygen atoms in total.